The lowest BCUT2D eigenvalue weighted by atomic mass is 10.2. The standard InChI is InChI=1S/C14H18ClFN2O2/c15-12-6-11(7-13(16)8-12)9-17-2-1-3-18(5-4-17)10-14(19)20/h6-8H,1-5,9-10H2,(H,19,20). The van der Waals surface area contributed by atoms with Crippen LogP contribution in [-0.4, -0.2) is 53.6 Å². The minimum absolute atomic E-state index is 0.0830. The summed E-state index contributed by atoms with van der Waals surface area (Å²) in [6, 6.07) is 4.55. The van der Waals surface area contributed by atoms with E-state index in [-0.39, 0.29) is 12.4 Å². The first-order valence-corrected chi connectivity index (χ1v) is 7.02. The van der Waals surface area contributed by atoms with E-state index in [0.29, 0.717) is 11.6 Å². The van der Waals surface area contributed by atoms with Gasteiger partial charge in [0.25, 0.3) is 0 Å². The Morgan fingerprint density at radius 2 is 1.90 bits per heavy atom. The first-order chi connectivity index (χ1) is 9.52. The van der Waals surface area contributed by atoms with Crippen LogP contribution in [0.3, 0.4) is 0 Å². The SMILES string of the molecule is O=C(O)CN1CCCN(Cc2cc(F)cc(Cl)c2)CC1. The number of hydrogen-bond acceptors (Lipinski definition) is 3. The molecule has 0 radical (unpaired) electrons. The summed E-state index contributed by atoms with van der Waals surface area (Å²) in [6.07, 6.45) is 0.913. The van der Waals surface area contributed by atoms with Gasteiger partial charge < -0.3 is 5.11 Å². The van der Waals surface area contributed by atoms with Gasteiger partial charge in [-0.25, -0.2) is 4.39 Å². The molecule has 6 heteroatoms. The van der Waals surface area contributed by atoms with Crippen molar-refractivity contribution in [3.8, 4) is 0 Å². The Kier molecular flexibility index (Phi) is 5.34. The summed E-state index contributed by atoms with van der Waals surface area (Å²) in [7, 11) is 0. The van der Waals surface area contributed by atoms with E-state index in [4.69, 9.17) is 16.7 Å². The Bertz CT molecular complexity index is 464. The van der Waals surface area contributed by atoms with Crippen LogP contribution >= 0.6 is 11.6 Å². The topological polar surface area (TPSA) is 43.8 Å². The molecule has 110 valence electrons. The fraction of sp³-hybridized carbons (Fsp3) is 0.500. The van der Waals surface area contributed by atoms with Gasteiger partial charge in [0.2, 0.25) is 0 Å². The van der Waals surface area contributed by atoms with Crippen LogP contribution < -0.4 is 0 Å². The van der Waals surface area contributed by atoms with Crippen molar-refractivity contribution < 1.29 is 14.3 Å². The maximum atomic E-state index is 13.3. The van der Waals surface area contributed by atoms with Gasteiger partial charge in [0.15, 0.2) is 0 Å². The molecule has 1 fully saturated rings. The van der Waals surface area contributed by atoms with Crippen molar-refractivity contribution >= 4 is 17.6 Å². The van der Waals surface area contributed by atoms with Crippen molar-refractivity contribution in [1.82, 2.24) is 9.80 Å². The number of hydrogen-bond donors (Lipinski definition) is 1. The number of rotatable bonds is 4. The maximum Gasteiger partial charge on any atom is 0.317 e. The van der Waals surface area contributed by atoms with E-state index >= 15 is 0 Å². The van der Waals surface area contributed by atoms with Crippen LogP contribution in [0.25, 0.3) is 0 Å². The third-order valence-electron chi connectivity index (χ3n) is 3.37. The van der Waals surface area contributed by atoms with Crippen LogP contribution in [0.5, 0.6) is 0 Å². The molecule has 0 aromatic heterocycles. The zero-order chi connectivity index (χ0) is 14.5. The second kappa shape index (κ2) is 7.02. The van der Waals surface area contributed by atoms with E-state index in [1.807, 2.05) is 4.90 Å². The van der Waals surface area contributed by atoms with Crippen molar-refractivity contribution in [3.05, 3.63) is 34.6 Å². The van der Waals surface area contributed by atoms with Gasteiger partial charge in [-0.1, -0.05) is 11.6 Å². The first-order valence-electron chi connectivity index (χ1n) is 6.64. The molecule has 0 amide bonds. The number of carboxylic acids is 1. The highest BCUT2D eigenvalue weighted by Crippen LogP contribution is 2.16. The molecule has 0 bridgehead atoms. The van der Waals surface area contributed by atoms with Crippen molar-refractivity contribution in [2.24, 2.45) is 0 Å². The van der Waals surface area contributed by atoms with Gasteiger partial charge in [0, 0.05) is 31.2 Å². The van der Waals surface area contributed by atoms with E-state index < -0.39 is 5.97 Å². The highest BCUT2D eigenvalue weighted by atomic mass is 35.5. The largest absolute Gasteiger partial charge is 0.480 e. The Morgan fingerprint density at radius 3 is 2.60 bits per heavy atom. The molecule has 1 aliphatic heterocycles. The predicted molar refractivity (Wildman–Crippen MR) is 75.4 cm³/mol. The monoisotopic (exact) mass is 300 g/mol. The van der Waals surface area contributed by atoms with E-state index in [2.05, 4.69) is 4.90 Å². The molecule has 1 saturated heterocycles. The maximum absolute atomic E-state index is 13.3. The molecule has 0 atom stereocenters. The number of carboxylic acid groups (broad SMARTS) is 1. The van der Waals surface area contributed by atoms with Crippen molar-refractivity contribution in [1.29, 1.82) is 0 Å². The molecular formula is C14H18ClFN2O2. The van der Waals surface area contributed by atoms with Crippen molar-refractivity contribution in [2.45, 2.75) is 13.0 Å². The average Bonchev–Trinajstić information content (AvgIpc) is 2.53. The third-order valence-corrected chi connectivity index (χ3v) is 3.59. The number of aliphatic carboxylic acids is 1. The Labute approximate surface area is 122 Å². The number of nitrogens with zero attached hydrogens (tertiary/aromatic N) is 2. The third kappa shape index (κ3) is 4.74. The molecule has 0 unspecified atom stereocenters. The normalized spacial score (nSPS) is 17.9. The van der Waals surface area contributed by atoms with E-state index in [0.717, 1.165) is 38.2 Å². The van der Waals surface area contributed by atoms with Gasteiger partial charge in [0.1, 0.15) is 5.82 Å². The lowest BCUT2D eigenvalue weighted by Gasteiger charge is -2.21. The van der Waals surface area contributed by atoms with E-state index in [9.17, 15) is 9.18 Å². The highest BCUT2D eigenvalue weighted by Gasteiger charge is 2.17. The van der Waals surface area contributed by atoms with E-state index in [1.165, 1.54) is 12.1 Å². The zero-order valence-corrected chi connectivity index (χ0v) is 11.9. The Hall–Kier alpha value is -1.17. The lowest BCUT2D eigenvalue weighted by Crippen LogP contribution is -2.34. The van der Waals surface area contributed by atoms with Crippen LogP contribution in [-0.2, 0) is 11.3 Å². The molecule has 1 N–H and O–H groups in total. The highest BCUT2D eigenvalue weighted by molar-refractivity contribution is 6.30. The molecular weight excluding hydrogens is 283 g/mol. The van der Waals surface area contributed by atoms with E-state index in [1.54, 1.807) is 6.07 Å². The van der Waals surface area contributed by atoms with Gasteiger partial charge in [-0.2, -0.15) is 0 Å². The quantitative estimate of drug-likeness (QED) is 0.924. The summed E-state index contributed by atoms with van der Waals surface area (Å²) in [4.78, 5) is 14.8. The second-order valence-corrected chi connectivity index (χ2v) is 5.51. The molecule has 0 saturated carbocycles. The second-order valence-electron chi connectivity index (χ2n) is 5.08. The number of halogens is 2. The summed E-state index contributed by atoms with van der Waals surface area (Å²) in [6.45, 7) is 3.88. The van der Waals surface area contributed by atoms with Crippen LogP contribution in [0.15, 0.2) is 18.2 Å². The lowest BCUT2D eigenvalue weighted by molar-refractivity contribution is -0.138. The first kappa shape index (κ1) is 15.2. The summed E-state index contributed by atoms with van der Waals surface area (Å²) in [5, 5.41) is 9.21. The molecule has 1 aromatic carbocycles. The van der Waals surface area contributed by atoms with Crippen LogP contribution in [0.1, 0.15) is 12.0 Å². The molecule has 1 heterocycles. The number of carbonyl (C=O) groups is 1. The smallest absolute Gasteiger partial charge is 0.317 e. The zero-order valence-electron chi connectivity index (χ0n) is 11.2. The summed E-state index contributed by atoms with van der Waals surface area (Å²) < 4.78 is 13.3. The molecule has 20 heavy (non-hydrogen) atoms. The summed E-state index contributed by atoms with van der Waals surface area (Å²) in [5.74, 6) is -1.12. The van der Waals surface area contributed by atoms with Crippen molar-refractivity contribution in [2.75, 3.05) is 32.7 Å². The van der Waals surface area contributed by atoms with Gasteiger partial charge in [-0.3, -0.25) is 14.6 Å². The van der Waals surface area contributed by atoms with Crippen LogP contribution in [0.4, 0.5) is 4.39 Å². The van der Waals surface area contributed by atoms with Crippen molar-refractivity contribution in [3.63, 3.8) is 0 Å². The predicted octanol–water partition coefficient (Wildman–Crippen LogP) is 2.07. The molecule has 0 spiro atoms. The fourth-order valence-electron chi connectivity index (χ4n) is 2.49. The molecule has 4 nitrogen and oxygen atoms in total. The van der Waals surface area contributed by atoms with Gasteiger partial charge in [-0.15, -0.1) is 0 Å². The molecule has 1 aliphatic rings. The Balaban J connectivity index is 1.92. The van der Waals surface area contributed by atoms with Crippen LogP contribution in [0.2, 0.25) is 5.02 Å². The summed E-state index contributed by atoms with van der Waals surface area (Å²) >= 11 is 5.85. The van der Waals surface area contributed by atoms with Crippen LogP contribution in [0, 0.1) is 5.82 Å². The minimum atomic E-state index is -0.796. The average molecular weight is 301 g/mol. The van der Waals surface area contributed by atoms with Gasteiger partial charge >= 0.3 is 5.97 Å². The molecule has 2 rings (SSSR count). The fourth-order valence-corrected chi connectivity index (χ4v) is 2.74. The minimum Gasteiger partial charge on any atom is -0.480 e. The summed E-state index contributed by atoms with van der Waals surface area (Å²) in [5.41, 5.74) is 0.849. The van der Waals surface area contributed by atoms with Gasteiger partial charge in [-0.05, 0) is 36.7 Å². The molecule has 0 aliphatic carbocycles. The van der Waals surface area contributed by atoms with Gasteiger partial charge in [0.05, 0.1) is 6.54 Å². The molecule has 1 aromatic rings. The Morgan fingerprint density at radius 1 is 1.20 bits per heavy atom. The number of benzene rings is 1.